The van der Waals surface area contributed by atoms with E-state index in [0.717, 1.165) is 38.5 Å². The Labute approximate surface area is 85.0 Å². The highest BCUT2D eigenvalue weighted by molar-refractivity contribution is 5.83. The van der Waals surface area contributed by atoms with Gasteiger partial charge in [-0.25, -0.2) is 0 Å². The lowest BCUT2D eigenvalue weighted by Crippen LogP contribution is -2.42. The van der Waals surface area contributed by atoms with Gasteiger partial charge in [-0.2, -0.15) is 0 Å². The molecule has 2 heteroatoms. The fraction of sp³-hybridized carbons (Fsp3) is 0.917. The zero-order valence-corrected chi connectivity index (χ0v) is 8.84. The van der Waals surface area contributed by atoms with Crippen LogP contribution in [0.1, 0.15) is 51.9 Å². The van der Waals surface area contributed by atoms with Crippen molar-refractivity contribution in [2.45, 2.75) is 63.1 Å². The van der Waals surface area contributed by atoms with E-state index in [-0.39, 0.29) is 17.1 Å². The Morgan fingerprint density at radius 2 is 2.29 bits per heavy atom. The average molecular weight is 194 g/mol. The third kappa shape index (κ3) is 0.928. The summed E-state index contributed by atoms with van der Waals surface area (Å²) >= 11 is 0. The van der Waals surface area contributed by atoms with E-state index in [2.05, 4.69) is 6.92 Å². The van der Waals surface area contributed by atoms with Gasteiger partial charge in [0.25, 0.3) is 0 Å². The van der Waals surface area contributed by atoms with Crippen molar-refractivity contribution < 1.29 is 9.53 Å². The van der Waals surface area contributed by atoms with Crippen molar-refractivity contribution in [3.63, 3.8) is 0 Å². The van der Waals surface area contributed by atoms with Gasteiger partial charge in [-0.1, -0.05) is 6.92 Å². The van der Waals surface area contributed by atoms with Crippen LogP contribution >= 0.6 is 0 Å². The summed E-state index contributed by atoms with van der Waals surface area (Å²) in [5, 5.41) is 0. The Morgan fingerprint density at radius 3 is 3.00 bits per heavy atom. The van der Waals surface area contributed by atoms with Crippen LogP contribution in [-0.4, -0.2) is 17.0 Å². The van der Waals surface area contributed by atoms with Crippen molar-refractivity contribution in [3.05, 3.63) is 0 Å². The first-order valence-corrected chi connectivity index (χ1v) is 5.93. The second kappa shape index (κ2) is 2.60. The zero-order valence-electron chi connectivity index (χ0n) is 8.84. The third-order valence-corrected chi connectivity index (χ3v) is 4.69. The van der Waals surface area contributed by atoms with E-state index in [9.17, 15) is 4.79 Å². The summed E-state index contributed by atoms with van der Waals surface area (Å²) in [5.74, 6) is 0.733. The molecule has 0 aromatic rings. The number of carbonyl (C=O) groups is 1. The lowest BCUT2D eigenvalue weighted by molar-refractivity contribution is -0.134. The minimum Gasteiger partial charge on any atom is -0.368 e. The van der Waals surface area contributed by atoms with E-state index in [1.54, 1.807) is 0 Å². The number of hydrogen-bond acceptors (Lipinski definition) is 2. The molecule has 3 aliphatic rings. The van der Waals surface area contributed by atoms with Crippen LogP contribution < -0.4 is 0 Å². The maximum atomic E-state index is 11.8. The molecule has 2 aliphatic heterocycles. The number of carbonyl (C=O) groups excluding carboxylic acids is 1. The fourth-order valence-electron chi connectivity index (χ4n) is 3.81. The molecule has 3 rings (SSSR count). The molecule has 0 radical (unpaired) electrons. The van der Waals surface area contributed by atoms with Gasteiger partial charge in [0, 0.05) is 12.3 Å². The Kier molecular flexibility index (Phi) is 1.65. The fourth-order valence-corrected chi connectivity index (χ4v) is 3.81. The van der Waals surface area contributed by atoms with Crippen molar-refractivity contribution in [2.24, 2.45) is 5.92 Å². The van der Waals surface area contributed by atoms with Gasteiger partial charge >= 0.3 is 0 Å². The number of Topliss-reactive ketones (excluding diaryl/α,β-unsaturated/α-hetero) is 1. The topological polar surface area (TPSA) is 26.3 Å². The molecule has 1 spiro atoms. The van der Waals surface area contributed by atoms with Gasteiger partial charge in [0.05, 0.1) is 11.2 Å². The molecular formula is C12H18O2. The summed E-state index contributed by atoms with van der Waals surface area (Å²) < 4.78 is 6.25. The minimum absolute atomic E-state index is 0.00859. The van der Waals surface area contributed by atoms with E-state index in [0.29, 0.717) is 5.78 Å². The SMILES string of the molecule is CC[C@@]12CC[C@]3(CCCC(=O)[C@@H]3C1)O2. The average Bonchev–Trinajstić information content (AvgIpc) is 2.71. The predicted octanol–water partition coefficient (Wildman–Crippen LogP) is 2.46. The lowest BCUT2D eigenvalue weighted by Gasteiger charge is -2.35. The van der Waals surface area contributed by atoms with Gasteiger partial charge in [-0.05, 0) is 38.5 Å². The summed E-state index contributed by atoms with van der Waals surface area (Å²) in [4.78, 5) is 11.8. The Balaban J connectivity index is 1.96. The largest absolute Gasteiger partial charge is 0.368 e. The van der Waals surface area contributed by atoms with Crippen molar-refractivity contribution in [3.8, 4) is 0 Å². The molecule has 78 valence electrons. The van der Waals surface area contributed by atoms with Crippen molar-refractivity contribution in [1.82, 2.24) is 0 Å². The highest BCUT2D eigenvalue weighted by Gasteiger charge is 2.62. The number of hydrogen-bond donors (Lipinski definition) is 0. The van der Waals surface area contributed by atoms with Gasteiger partial charge in [-0.15, -0.1) is 0 Å². The smallest absolute Gasteiger partial charge is 0.138 e. The Hall–Kier alpha value is -0.370. The molecule has 1 saturated carbocycles. The summed E-state index contributed by atoms with van der Waals surface area (Å²) in [6.07, 6.45) is 7.40. The molecular weight excluding hydrogens is 176 g/mol. The van der Waals surface area contributed by atoms with Crippen LogP contribution in [0.5, 0.6) is 0 Å². The summed E-state index contributed by atoms with van der Waals surface area (Å²) in [6.45, 7) is 2.20. The van der Waals surface area contributed by atoms with Crippen LogP contribution in [0, 0.1) is 5.92 Å². The van der Waals surface area contributed by atoms with Crippen molar-refractivity contribution in [2.75, 3.05) is 0 Å². The molecule has 3 atom stereocenters. The highest BCUT2D eigenvalue weighted by atomic mass is 16.5. The molecule has 2 saturated heterocycles. The lowest BCUT2D eigenvalue weighted by atomic mass is 9.66. The Morgan fingerprint density at radius 1 is 1.43 bits per heavy atom. The first kappa shape index (κ1) is 8.90. The van der Waals surface area contributed by atoms with Gasteiger partial charge in [0.1, 0.15) is 5.78 Å². The molecule has 0 N–H and O–H groups in total. The van der Waals surface area contributed by atoms with Crippen LogP contribution in [0.25, 0.3) is 0 Å². The van der Waals surface area contributed by atoms with Crippen LogP contribution in [-0.2, 0) is 9.53 Å². The van der Waals surface area contributed by atoms with Crippen molar-refractivity contribution >= 4 is 5.78 Å². The maximum absolute atomic E-state index is 11.8. The molecule has 0 aromatic carbocycles. The van der Waals surface area contributed by atoms with E-state index in [1.165, 1.54) is 6.42 Å². The van der Waals surface area contributed by atoms with Crippen LogP contribution in [0.4, 0.5) is 0 Å². The number of rotatable bonds is 1. The predicted molar refractivity (Wildman–Crippen MR) is 53.0 cm³/mol. The molecule has 2 heterocycles. The Bertz CT molecular complexity index is 286. The highest BCUT2D eigenvalue weighted by Crippen LogP contribution is 2.59. The molecule has 2 bridgehead atoms. The molecule has 1 aliphatic carbocycles. The van der Waals surface area contributed by atoms with Crippen LogP contribution in [0.3, 0.4) is 0 Å². The van der Waals surface area contributed by atoms with E-state index >= 15 is 0 Å². The van der Waals surface area contributed by atoms with Crippen molar-refractivity contribution in [1.29, 1.82) is 0 Å². The molecule has 3 fully saturated rings. The van der Waals surface area contributed by atoms with E-state index < -0.39 is 0 Å². The second-order valence-electron chi connectivity index (χ2n) is 5.28. The van der Waals surface area contributed by atoms with Crippen LogP contribution in [0.15, 0.2) is 0 Å². The van der Waals surface area contributed by atoms with Gasteiger partial charge in [0.15, 0.2) is 0 Å². The number of ether oxygens (including phenoxy) is 1. The third-order valence-electron chi connectivity index (χ3n) is 4.69. The standard InChI is InChI=1S/C12H18O2/c1-2-11-6-7-12(14-11)5-3-4-10(13)9(12)8-11/h9H,2-8H2,1H3/t9-,11+,12-/m0/s1. The molecule has 14 heavy (non-hydrogen) atoms. The second-order valence-corrected chi connectivity index (χ2v) is 5.28. The van der Waals surface area contributed by atoms with Crippen LogP contribution in [0.2, 0.25) is 0 Å². The zero-order chi connectivity index (χ0) is 9.81. The van der Waals surface area contributed by atoms with E-state index in [4.69, 9.17) is 4.74 Å². The normalized spacial score (nSPS) is 50.9. The maximum Gasteiger partial charge on any atom is 0.138 e. The minimum atomic E-state index is -0.00859. The number of fused-ring (bicyclic) bond motifs is 1. The molecule has 0 unspecified atom stereocenters. The van der Waals surface area contributed by atoms with Gasteiger partial charge < -0.3 is 4.74 Å². The molecule has 0 amide bonds. The monoisotopic (exact) mass is 194 g/mol. The van der Waals surface area contributed by atoms with E-state index in [1.807, 2.05) is 0 Å². The van der Waals surface area contributed by atoms with Gasteiger partial charge in [-0.3, -0.25) is 4.79 Å². The van der Waals surface area contributed by atoms with Gasteiger partial charge in [0.2, 0.25) is 0 Å². The quantitative estimate of drug-likeness (QED) is 0.641. The summed E-state index contributed by atoms with van der Waals surface area (Å²) in [6, 6.07) is 0. The summed E-state index contributed by atoms with van der Waals surface area (Å²) in [5.41, 5.74) is 0.0794. The number of ketones is 1. The molecule has 0 aromatic heterocycles. The first-order valence-electron chi connectivity index (χ1n) is 5.93. The first-order chi connectivity index (χ1) is 6.70. The summed E-state index contributed by atoms with van der Waals surface area (Å²) in [7, 11) is 0. The molecule has 2 nitrogen and oxygen atoms in total.